The Morgan fingerprint density at radius 1 is 1.00 bits per heavy atom. The zero-order valence-electron chi connectivity index (χ0n) is 19.8. The number of aliphatic hydroxyl groups excluding tert-OH is 1. The van der Waals surface area contributed by atoms with E-state index in [0.29, 0.717) is 16.9 Å². The molecule has 1 aliphatic rings. The molecule has 0 bridgehead atoms. The second-order valence-electron chi connectivity index (χ2n) is 8.83. The summed E-state index contributed by atoms with van der Waals surface area (Å²) in [5, 5.41) is 11.3. The highest BCUT2D eigenvalue weighted by molar-refractivity contribution is 6.51. The molecule has 1 atom stereocenters. The van der Waals surface area contributed by atoms with Gasteiger partial charge >= 0.3 is 0 Å². The van der Waals surface area contributed by atoms with Gasteiger partial charge in [0, 0.05) is 11.6 Å². The van der Waals surface area contributed by atoms with Gasteiger partial charge in [0.05, 0.1) is 23.4 Å². The molecule has 1 saturated heterocycles. The van der Waals surface area contributed by atoms with E-state index >= 15 is 0 Å². The van der Waals surface area contributed by atoms with Crippen LogP contribution in [0.25, 0.3) is 5.76 Å². The molecule has 1 unspecified atom stereocenters. The largest absolute Gasteiger partial charge is 0.507 e. The van der Waals surface area contributed by atoms with Crippen molar-refractivity contribution in [2.45, 2.75) is 39.8 Å². The van der Waals surface area contributed by atoms with Gasteiger partial charge in [0.2, 0.25) is 0 Å². The van der Waals surface area contributed by atoms with Gasteiger partial charge in [-0.15, -0.1) is 0 Å². The van der Waals surface area contributed by atoms with E-state index in [-0.39, 0.29) is 17.4 Å². The molecule has 0 radical (unpaired) electrons. The van der Waals surface area contributed by atoms with Crippen molar-refractivity contribution >= 4 is 23.1 Å². The maximum absolute atomic E-state index is 14.8. The third-order valence-corrected chi connectivity index (χ3v) is 5.78. The number of hydrogen-bond donors (Lipinski definition) is 1. The fourth-order valence-electron chi connectivity index (χ4n) is 4.25. The van der Waals surface area contributed by atoms with Crippen LogP contribution in [0.1, 0.15) is 42.1 Å². The van der Waals surface area contributed by atoms with E-state index in [2.05, 4.69) is 0 Å². The van der Waals surface area contributed by atoms with E-state index in [1.165, 1.54) is 0 Å². The SMILES string of the molecule is Cc1cccc(C2/C(=C(\O)c3ccc(OC(C)C)c(C)c3)C(=O)C(=O)N2c2cc(F)ccc2F)c1. The molecular weight excluding hydrogens is 452 g/mol. The summed E-state index contributed by atoms with van der Waals surface area (Å²) in [6, 6.07) is 13.4. The van der Waals surface area contributed by atoms with Crippen molar-refractivity contribution in [2.24, 2.45) is 0 Å². The maximum atomic E-state index is 14.8. The number of aryl methyl sites for hydroxylation is 2. The molecule has 1 fully saturated rings. The molecule has 0 saturated carbocycles. The molecule has 1 amide bonds. The Labute approximate surface area is 202 Å². The van der Waals surface area contributed by atoms with Crippen LogP contribution < -0.4 is 9.64 Å². The van der Waals surface area contributed by atoms with Gasteiger partial charge in [0.15, 0.2) is 0 Å². The summed E-state index contributed by atoms with van der Waals surface area (Å²) < 4.78 is 34.6. The van der Waals surface area contributed by atoms with Crippen LogP contribution in [0.15, 0.2) is 66.2 Å². The highest BCUT2D eigenvalue weighted by Gasteiger charge is 2.47. The predicted molar refractivity (Wildman–Crippen MR) is 129 cm³/mol. The van der Waals surface area contributed by atoms with E-state index in [4.69, 9.17) is 4.74 Å². The number of ether oxygens (including phenoxy) is 1. The molecule has 4 rings (SSSR count). The third kappa shape index (κ3) is 4.54. The van der Waals surface area contributed by atoms with E-state index in [1.54, 1.807) is 43.3 Å². The Balaban J connectivity index is 1.93. The van der Waals surface area contributed by atoms with E-state index in [1.807, 2.05) is 26.8 Å². The normalized spacial score (nSPS) is 17.3. The van der Waals surface area contributed by atoms with Crippen LogP contribution in [-0.2, 0) is 9.59 Å². The van der Waals surface area contributed by atoms with Crippen molar-refractivity contribution in [3.63, 3.8) is 0 Å². The second-order valence-corrected chi connectivity index (χ2v) is 8.83. The number of nitrogens with zero attached hydrogens (tertiary/aromatic N) is 1. The van der Waals surface area contributed by atoms with E-state index in [0.717, 1.165) is 34.2 Å². The fraction of sp³-hybridized carbons (Fsp3) is 0.214. The van der Waals surface area contributed by atoms with Gasteiger partial charge in [-0.05, 0) is 69.2 Å². The van der Waals surface area contributed by atoms with Gasteiger partial charge in [-0.3, -0.25) is 14.5 Å². The molecule has 0 aliphatic carbocycles. The molecule has 1 heterocycles. The number of carbonyl (C=O) groups excluding carboxylic acids is 2. The lowest BCUT2D eigenvalue weighted by Gasteiger charge is -2.26. The Hall–Kier alpha value is -4.00. The molecule has 1 aliphatic heterocycles. The number of hydrogen-bond acceptors (Lipinski definition) is 4. The van der Waals surface area contributed by atoms with Crippen molar-refractivity contribution in [3.05, 3.63) is 100 Å². The van der Waals surface area contributed by atoms with Crippen molar-refractivity contribution in [2.75, 3.05) is 4.90 Å². The van der Waals surface area contributed by atoms with Crippen LogP contribution in [0.5, 0.6) is 5.75 Å². The Morgan fingerprint density at radius 2 is 1.74 bits per heavy atom. The predicted octanol–water partition coefficient (Wildman–Crippen LogP) is 6.00. The number of anilines is 1. The lowest BCUT2D eigenvalue weighted by Crippen LogP contribution is -2.30. The third-order valence-electron chi connectivity index (χ3n) is 5.78. The number of rotatable bonds is 5. The van der Waals surface area contributed by atoms with Crippen LogP contribution in [-0.4, -0.2) is 22.9 Å². The lowest BCUT2D eigenvalue weighted by molar-refractivity contribution is -0.132. The number of halogens is 2. The van der Waals surface area contributed by atoms with Crippen molar-refractivity contribution in [3.8, 4) is 5.75 Å². The molecule has 1 N–H and O–H groups in total. The molecule has 35 heavy (non-hydrogen) atoms. The molecule has 3 aromatic carbocycles. The maximum Gasteiger partial charge on any atom is 0.300 e. The highest BCUT2D eigenvalue weighted by Crippen LogP contribution is 2.43. The van der Waals surface area contributed by atoms with Gasteiger partial charge in [-0.2, -0.15) is 0 Å². The topological polar surface area (TPSA) is 66.8 Å². The van der Waals surface area contributed by atoms with Crippen molar-refractivity contribution in [1.82, 2.24) is 0 Å². The summed E-state index contributed by atoms with van der Waals surface area (Å²) in [6.07, 6.45) is -0.0547. The Kier molecular flexibility index (Phi) is 6.43. The molecule has 0 aromatic heterocycles. The first-order chi connectivity index (χ1) is 16.6. The highest BCUT2D eigenvalue weighted by atomic mass is 19.1. The molecule has 7 heteroatoms. The number of Topliss-reactive ketones (excluding diaryl/α,β-unsaturated/α-hetero) is 1. The van der Waals surface area contributed by atoms with Crippen molar-refractivity contribution < 1.29 is 28.2 Å². The molecule has 3 aromatic rings. The number of amides is 1. The first-order valence-electron chi connectivity index (χ1n) is 11.2. The quantitative estimate of drug-likeness (QED) is 0.278. The minimum absolute atomic E-state index is 0.0547. The zero-order valence-corrected chi connectivity index (χ0v) is 19.8. The van der Waals surface area contributed by atoms with Crippen molar-refractivity contribution in [1.29, 1.82) is 0 Å². The molecule has 0 spiro atoms. The average molecular weight is 478 g/mol. The minimum atomic E-state index is -1.15. The lowest BCUT2D eigenvalue weighted by atomic mass is 9.93. The van der Waals surface area contributed by atoms with E-state index < -0.39 is 35.1 Å². The van der Waals surface area contributed by atoms with Gasteiger partial charge in [-0.25, -0.2) is 8.78 Å². The Bertz CT molecular complexity index is 1360. The summed E-state index contributed by atoms with van der Waals surface area (Å²) >= 11 is 0. The van der Waals surface area contributed by atoms with Crippen LogP contribution in [0.3, 0.4) is 0 Å². The second kappa shape index (κ2) is 9.33. The standard InChI is InChI=1S/C28H25F2NO4/c1-15(2)35-23-11-8-19(13-17(23)4)26(32)24-25(18-7-5-6-16(3)12-18)31(28(34)27(24)33)22-14-20(29)9-10-21(22)30/h5-15,25,32H,1-4H3/b26-24+. The minimum Gasteiger partial charge on any atom is -0.507 e. The summed E-state index contributed by atoms with van der Waals surface area (Å²) in [7, 11) is 0. The number of aliphatic hydroxyl groups is 1. The first kappa shape index (κ1) is 24.1. The zero-order chi connectivity index (χ0) is 25.4. The molecule has 5 nitrogen and oxygen atoms in total. The summed E-state index contributed by atoms with van der Waals surface area (Å²) in [5.41, 5.74) is 1.75. The number of ketones is 1. The summed E-state index contributed by atoms with van der Waals surface area (Å²) in [5.74, 6) is -3.46. The Morgan fingerprint density at radius 3 is 2.40 bits per heavy atom. The monoisotopic (exact) mass is 477 g/mol. The summed E-state index contributed by atoms with van der Waals surface area (Å²) in [4.78, 5) is 27.3. The van der Waals surface area contributed by atoms with Gasteiger partial charge < -0.3 is 9.84 Å². The van der Waals surface area contributed by atoms with Gasteiger partial charge in [0.25, 0.3) is 11.7 Å². The number of benzene rings is 3. The van der Waals surface area contributed by atoms with Crippen LogP contribution in [0.2, 0.25) is 0 Å². The molecule has 180 valence electrons. The average Bonchev–Trinajstić information content (AvgIpc) is 3.06. The van der Waals surface area contributed by atoms with Gasteiger partial charge in [0.1, 0.15) is 23.1 Å². The summed E-state index contributed by atoms with van der Waals surface area (Å²) in [6.45, 7) is 7.41. The fourth-order valence-corrected chi connectivity index (χ4v) is 4.25. The van der Waals surface area contributed by atoms with Crippen LogP contribution >= 0.6 is 0 Å². The first-order valence-corrected chi connectivity index (χ1v) is 11.2. The van der Waals surface area contributed by atoms with E-state index in [9.17, 15) is 23.5 Å². The van der Waals surface area contributed by atoms with Gasteiger partial charge in [-0.1, -0.05) is 29.8 Å². The van der Waals surface area contributed by atoms with Crippen LogP contribution in [0.4, 0.5) is 14.5 Å². The number of carbonyl (C=O) groups is 2. The van der Waals surface area contributed by atoms with Crippen LogP contribution in [0, 0.1) is 25.5 Å². The smallest absolute Gasteiger partial charge is 0.300 e. The molecular formula is C28H25F2NO4.